The number of anilines is 1. The smallest absolute Gasteiger partial charge is 0.357 e. The zero-order valence-electron chi connectivity index (χ0n) is 11.7. The van der Waals surface area contributed by atoms with E-state index in [0.29, 0.717) is 0 Å². The Morgan fingerprint density at radius 1 is 1.14 bits per heavy atom. The van der Waals surface area contributed by atoms with Crippen molar-refractivity contribution in [1.82, 2.24) is 4.98 Å². The molecule has 1 aromatic heterocycles. The van der Waals surface area contributed by atoms with E-state index < -0.39 is 5.97 Å². The largest absolute Gasteiger partial charge is 0.451 e. The minimum Gasteiger partial charge on any atom is -0.451 e. The Hall–Kier alpha value is -2.69. The first-order valence-corrected chi connectivity index (χ1v) is 6.66. The fourth-order valence-corrected chi connectivity index (χ4v) is 1.83. The lowest BCUT2D eigenvalue weighted by Crippen LogP contribution is -2.21. The number of carbonyl (C=O) groups excluding carboxylic acids is 2. The number of hydrogen-bond donors (Lipinski definition) is 1. The number of hydrogen-bond acceptors (Lipinski definition) is 4. The Morgan fingerprint density at radius 3 is 2.62 bits per heavy atom. The maximum Gasteiger partial charge on any atom is 0.357 e. The second-order valence-electron chi connectivity index (χ2n) is 4.35. The summed E-state index contributed by atoms with van der Waals surface area (Å²) in [5.74, 6) is -0.991. The number of amides is 1. The number of para-hydroxylation sites is 1. The third-order valence-electron chi connectivity index (χ3n) is 2.88. The molecule has 0 spiro atoms. The fraction of sp³-hybridized carbons (Fsp3) is 0.188. The summed E-state index contributed by atoms with van der Waals surface area (Å²) in [7, 11) is 0. The number of aromatic nitrogens is 1. The molecule has 1 heterocycles. The maximum absolute atomic E-state index is 11.8. The highest BCUT2D eigenvalue weighted by Crippen LogP contribution is 2.15. The molecule has 0 aliphatic rings. The van der Waals surface area contributed by atoms with Crippen LogP contribution in [0.3, 0.4) is 0 Å². The van der Waals surface area contributed by atoms with E-state index in [4.69, 9.17) is 4.74 Å². The Morgan fingerprint density at radius 2 is 1.90 bits per heavy atom. The minimum absolute atomic E-state index is 0.180. The van der Waals surface area contributed by atoms with Gasteiger partial charge >= 0.3 is 5.97 Å². The zero-order chi connectivity index (χ0) is 15.1. The van der Waals surface area contributed by atoms with E-state index in [1.807, 2.05) is 31.2 Å². The van der Waals surface area contributed by atoms with E-state index >= 15 is 0 Å². The van der Waals surface area contributed by atoms with E-state index in [2.05, 4.69) is 10.3 Å². The standard InChI is InChI=1S/C16H16N2O3/c1-2-12-7-3-4-8-13(12)18-15(19)11-21-16(20)14-9-5-6-10-17-14/h3-10H,2,11H2,1H3,(H,18,19). The average molecular weight is 284 g/mol. The van der Waals surface area contributed by atoms with Gasteiger partial charge in [0.1, 0.15) is 5.69 Å². The van der Waals surface area contributed by atoms with Gasteiger partial charge in [-0.05, 0) is 30.2 Å². The summed E-state index contributed by atoms with van der Waals surface area (Å²) in [6.07, 6.45) is 2.30. The monoisotopic (exact) mass is 284 g/mol. The molecule has 0 bridgehead atoms. The van der Waals surface area contributed by atoms with Gasteiger partial charge in [-0.3, -0.25) is 4.79 Å². The Bertz CT molecular complexity index is 626. The third kappa shape index (κ3) is 4.14. The first-order valence-electron chi connectivity index (χ1n) is 6.66. The average Bonchev–Trinajstić information content (AvgIpc) is 2.54. The van der Waals surface area contributed by atoms with Crippen LogP contribution in [0.1, 0.15) is 23.0 Å². The number of aryl methyl sites for hydroxylation is 1. The van der Waals surface area contributed by atoms with Crippen LogP contribution in [0.4, 0.5) is 5.69 Å². The summed E-state index contributed by atoms with van der Waals surface area (Å²) in [5.41, 5.74) is 1.94. The molecule has 1 N–H and O–H groups in total. The molecular formula is C16H16N2O3. The van der Waals surface area contributed by atoms with Crippen LogP contribution < -0.4 is 5.32 Å². The fourth-order valence-electron chi connectivity index (χ4n) is 1.83. The highest BCUT2D eigenvalue weighted by atomic mass is 16.5. The summed E-state index contributed by atoms with van der Waals surface area (Å²) in [4.78, 5) is 27.3. The van der Waals surface area contributed by atoms with Gasteiger partial charge < -0.3 is 10.1 Å². The molecule has 5 heteroatoms. The lowest BCUT2D eigenvalue weighted by Gasteiger charge is -2.09. The number of ether oxygens (including phenoxy) is 1. The normalized spacial score (nSPS) is 9.95. The first kappa shape index (κ1) is 14.7. The van der Waals surface area contributed by atoms with E-state index in [0.717, 1.165) is 17.7 Å². The van der Waals surface area contributed by atoms with Crippen molar-refractivity contribution >= 4 is 17.6 Å². The minimum atomic E-state index is -0.616. The van der Waals surface area contributed by atoms with Gasteiger partial charge in [0.05, 0.1) is 0 Å². The van der Waals surface area contributed by atoms with Gasteiger partial charge in [0.25, 0.3) is 5.91 Å². The maximum atomic E-state index is 11.8. The number of nitrogens with one attached hydrogen (secondary N) is 1. The van der Waals surface area contributed by atoms with Gasteiger partial charge in [-0.2, -0.15) is 0 Å². The molecule has 21 heavy (non-hydrogen) atoms. The predicted octanol–water partition coefficient (Wildman–Crippen LogP) is 2.44. The second kappa shape index (κ2) is 7.19. The Labute approximate surface area is 123 Å². The molecule has 1 amide bonds. The highest BCUT2D eigenvalue weighted by molar-refractivity contribution is 5.95. The molecule has 5 nitrogen and oxygen atoms in total. The predicted molar refractivity (Wildman–Crippen MR) is 79.0 cm³/mol. The second-order valence-corrected chi connectivity index (χ2v) is 4.35. The summed E-state index contributed by atoms with van der Waals surface area (Å²) >= 11 is 0. The summed E-state index contributed by atoms with van der Waals surface area (Å²) in [6, 6.07) is 12.4. The van der Waals surface area contributed by atoms with Gasteiger partial charge in [-0.1, -0.05) is 31.2 Å². The van der Waals surface area contributed by atoms with Crippen LogP contribution in [0.2, 0.25) is 0 Å². The number of benzene rings is 1. The van der Waals surface area contributed by atoms with Crippen molar-refractivity contribution in [2.45, 2.75) is 13.3 Å². The summed E-state index contributed by atoms with van der Waals surface area (Å²) in [6.45, 7) is 1.67. The van der Waals surface area contributed by atoms with Crippen molar-refractivity contribution in [3.63, 3.8) is 0 Å². The molecule has 0 unspecified atom stereocenters. The number of rotatable bonds is 5. The molecule has 2 aromatic rings. The van der Waals surface area contributed by atoms with Crippen molar-refractivity contribution in [2.75, 3.05) is 11.9 Å². The van der Waals surface area contributed by atoms with Crippen LogP contribution >= 0.6 is 0 Å². The number of esters is 1. The molecule has 0 aliphatic carbocycles. The highest BCUT2D eigenvalue weighted by Gasteiger charge is 2.11. The van der Waals surface area contributed by atoms with Gasteiger partial charge in [0.2, 0.25) is 0 Å². The van der Waals surface area contributed by atoms with Crippen molar-refractivity contribution in [3.05, 3.63) is 59.9 Å². The van der Waals surface area contributed by atoms with Crippen molar-refractivity contribution in [2.24, 2.45) is 0 Å². The molecule has 0 fully saturated rings. The number of nitrogens with zero attached hydrogens (tertiary/aromatic N) is 1. The number of carbonyl (C=O) groups is 2. The topological polar surface area (TPSA) is 68.3 Å². The van der Waals surface area contributed by atoms with E-state index in [9.17, 15) is 9.59 Å². The van der Waals surface area contributed by atoms with Gasteiger partial charge in [-0.15, -0.1) is 0 Å². The van der Waals surface area contributed by atoms with Crippen molar-refractivity contribution < 1.29 is 14.3 Å². The summed E-state index contributed by atoms with van der Waals surface area (Å²) < 4.78 is 4.92. The first-order chi connectivity index (χ1) is 10.2. The number of pyridine rings is 1. The van der Waals surface area contributed by atoms with Crippen molar-refractivity contribution in [1.29, 1.82) is 0 Å². The van der Waals surface area contributed by atoms with Crippen LogP contribution in [0, 0.1) is 0 Å². The zero-order valence-corrected chi connectivity index (χ0v) is 11.7. The molecule has 2 rings (SSSR count). The lowest BCUT2D eigenvalue weighted by molar-refractivity contribution is -0.119. The third-order valence-corrected chi connectivity index (χ3v) is 2.88. The van der Waals surface area contributed by atoms with E-state index in [-0.39, 0.29) is 18.2 Å². The summed E-state index contributed by atoms with van der Waals surface area (Å²) in [5, 5.41) is 2.73. The van der Waals surface area contributed by atoms with Crippen LogP contribution in [0.5, 0.6) is 0 Å². The van der Waals surface area contributed by atoms with E-state index in [1.54, 1.807) is 12.1 Å². The molecular weight excluding hydrogens is 268 g/mol. The SMILES string of the molecule is CCc1ccccc1NC(=O)COC(=O)c1ccccn1. The molecule has 0 saturated carbocycles. The Kier molecular flexibility index (Phi) is 5.04. The van der Waals surface area contributed by atoms with Crippen LogP contribution in [0.25, 0.3) is 0 Å². The van der Waals surface area contributed by atoms with Crippen LogP contribution in [-0.2, 0) is 16.0 Å². The molecule has 0 saturated heterocycles. The Balaban J connectivity index is 1.89. The van der Waals surface area contributed by atoms with Crippen LogP contribution in [-0.4, -0.2) is 23.5 Å². The van der Waals surface area contributed by atoms with Gasteiger partial charge in [0, 0.05) is 11.9 Å². The lowest BCUT2D eigenvalue weighted by atomic mass is 10.1. The quantitative estimate of drug-likeness (QED) is 0.856. The molecule has 108 valence electrons. The molecule has 1 aromatic carbocycles. The molecule has 0 atom stereocenters. The van der Waals surface area contributed by atoms with Gasteiger partial charge in [0.15, 0.2) is 6.61 Å². The van der Waals surface area contributed by atoms with E-state index in [1.165, 1.54) is 12.3 Å². The van der Waals surface area contributed by atoms with Crippen LogP contribution in [0.15, 0.2) is 48.7 Å². The van der Waals surface area contributed by atoms with Crippen molar-refractivity contribution in [3.8, 4) is 0 Å². The molecule has 0 radical (unpaired) electrons. The molecule has 0 aliphatic heterocycles. The van der Waals surface area contributed by atoms with Gasteiger partial charge in [-0.25, -0.2) is 9.78 Å².